The van der Waals surface area contributed by atoms with E-state index in [1.54, 1.807) is 0 Å². The molecule has 0 unspecified atom stereocenters. The van der Waals surface area contributed by atoms with Crippen molar-refractivity contribution in [3.63, 3.8) is 0 Å². The van der Waals surface area contributed by atoms with Crippen LogP contribution in [0, 0.1) is 3.57 Å². The highest BCUT2D eigenvalue weighted by molar-refractivity contribution is 14.1. The average Bonchev–Trinajstić information content (AvgIpc) is 2.33. The minimum Gasteiger partial charge on any atom is -0.309 e. The van der Waals surface area contributed by atoms with Gasteiger partial charge in [-0.1, -0.05) is 42.5 Å². The Balaban J connectivity index is 1.82. The molecule has 2 heteroatoms. The Morgan fingerprint density at radius 1 is 0.750 bits per heavy atom. The second kappa shape index (κ2) is 6.01. The van der Waals surface area contributed by atoms with E-state index in [0.29, 0.717) is 0 Å². The second-order valence-corrected chi connectivity index (χ2v) is 4.96. The van der Waals surface area contributed by atoms with Crippen LogP contribution in [0.1, 0.15) is 11.1 Å². The molecule has 1 nitrogen and oxygen atoms in total. The largest absolute Gasteiger partial charge is 0.309 e. The van der Waals surface area contributed by atoms with Crippen LogP contribution in [0.25, 0.3) is 0 Å². The molecular formula is C14H14IN. The molecule has 0 aliphatic carbocycles. The summed E-state index contributed by atoms with van der Waals surface area (Å²) < 4.78 is 1.28. The molecule has 0 bridgehead atoms. The van der Waals surface area contributed by atoms with Gasteiger partial charge < -0.3 is 5.32 Å². The molecule has 0 radical (unpaired) electrons. The molecule has 16 heavy (non-hydrogen) atoms. The third-order valence-electron chi connectivity index (χ3n) is 2.41. The van der Waals surface area contributed by atoms with Gasteiger partial charge in [-0.05, 0) is 45.9 Å². The molecule has 1 N–H and O–H groups in total. The van der Waals surface area contributed by atoms with Crippen LogP contribution in [0.4, 0.5) is 0 Å². The van der Waals surface area contributed by atoms with Gasteiger partial charge in [-0.15, -0.1) is 0 Å². The van der Waals surface area contributed by atoms with E-state index in [1.807, 2.05) is 6.07 Å². The number of rotatable bonds is 4. The predicted octanol–water partition coefficient (Wildman–Crippen LogP) is 3.58. The summed E-state index contributed by atoms with van der Waals surface area (Å²) >= 11 is 2.32. The summed E-state index contributed by atoms with van der Waals surface area (Å²) in [4.78, 5) is 0. The average molecular weight is 323 g/mol. The summed E-state index contributed by atoms with van der Waals surface area (Å²) in [5, 5.41) is 3.43. The van der Waals surface area contributed by atoms with E-state index in [1.165, 1.54) is 14.7 Å². The van der Waals surface area contributed by atoms with Crippen LogP contribution in [0.3, 0.4) is 0 Å². The van der Waals surface area contributed by atoms with Crippen LogP contribution in [0.15, 0.2) is 54.6 Å². The lowest BCUT2D eigenvalue weighted by molar-refractivity contribution is 0.693. The van der Waals surface area contributed by atoms with Crippen molar-refractivity contribution >= 4 is 22.6 Å². The maximum absolute atomic E-state index is 3.43. The van der Waals surface area contributed by atoms with Gasteiger partial charge >= 0.3 is 0 Å². The van der Waals surface area contributed by atoms with Gasteiger partial charge in [0.25, 0.3) is 0 Å². The monoisotopic (exact) mass is 323 g/mol. The van der Waals surface area contributed by atoms with E-state index in [-0.39, 0.29) is 0 Å². The summed E-state index contributed by atoms with van der Waals surface area (Å²) in [6.07, 6.45) is 0. The van der Waals surface area contributed by atoms with Gasteiger partial charge in [0.05, 0.1) is 0 Å². The molecule has 0 spiro atoms. The van der Waals surface area contributed by atoms with Gasteiger partial charge in [0.2, 0.25) is 0 Å². The molecule has 82 valence electrons. The molecule has 0 atom stereocenters. The summed E-state index contributed by atoms with van der Waals surface area (Å²) in [5.74, 6) is 0. The fourth-order valence-corrected chi connectivity index (χ4v) is 1.91. The Morgan fingerprint density at radius 3 is 1.94 bits per heavy atom. The zero-order chi connectivity index (χ0) is 11.2. The zero-order valence-corrected chi connectivity index (χ0v) is 11.1. The van der Waals surface area contributed by atoms with Crippen molar-refractivity contribution in [1.29, 1.82) is 0 Å². The minimum atomic E-state index is 0.922. The predicted molar refractivity (Wildman–Crippen MR) is 76.1 cm³/mol. The molecule has 0 heterocycles. The van der Waals surface area contributed by atoms with Crippen molar-refractivity contribution in [3.8, 4) is 0 Å². The highest BCUT2D eigenvalue weighted by atomic mass is 127. The van der Waals surface area contributed by atoms with E-state index in [4.69, 9.17) is 0 Å². The lowest BCUT2D eigenvalue weighted by atomic mass is 10.2. The highest BCUT2D eigenvalue weighted by Gasteiger charge is 1.93. The van der Waals surface area contributed by atoms with Crippen LogP contribution in [0.2, 0.25) is 0 Å². The van der Waals surface area contributed by atoms with Gasteiger partial charge in [0.15, 0.2) is 0 Å². The molecule has 0 aromatic heterocycles. The van der Waals surface area contributed by atoms with E-state index >= 15 is 0 Å². The first kappa shape index (κ1) is 11.6. The third kappa shape index (κ3) is 3.61. The lowest BCUT2D eigenvalue weighted by Gasteiger charge is -2.05. The Kier molecular flexibility index (Phi) is 4.36. The molecular weight excluding hydrogens is 309 g/mol. The molecule has 0 saturated carbocycles. The number of halogens is 1. The number of hydrogen-bond acceptors (Lipinski definition) is 1. The quantitative estimate of drug-likeness (QED) is 0.848. The molecule has 0 saturated heterocycles. The maximum Gasteiger partial charge on any atom is 0.0208 e. The van der Waals surface area contributed by atoms with Gasteiger partial charge in [-0.2, -0.15) is 0 Å². The summed E-state index contributed by atoms with van der Waals surface area (Å²) in [6.45, 7) is 1.85. The Hall–Kier alpha value is -0.870. The topological polar surface area (TPSA) is 12.0 Å². The summed E-state index contributed by atoms with van der Waals surface area (Å²) in [7, 11) is 0. The van der Waals surface area contributed by atoms with Crippen LogP contribution in [0.5, 0.6) is 0 Å². The van der Waals surface area contributed by atoms with E-state index in [9.17, 15) is 0 Å². The van der Waals surface area contributed by atoms with Crippen LogP contribution < -0.4 is 5.32 Å². The second-order valence-electron chi connectivity index (χ2n) is 3.72. The van der Waals surface area contributed by atoms with Crippen LogP contribution in [-0.2, 0) is 13.1 Å². The Morgan fingerprint density at radius 2 is 1.31 bits per heavy atom. The van der Waals surface area contributed by atoms with Gasteiger partial charge in [-0.3, -0.25) is 0 Å². The Bertz CT molecular complexity index is 422. The van der Waals surface area contributed by atoms with Gasteiger partial charge in [-0.25, -0.2) is 0 Å². The SMILES string of the molecule is Ic1ccc(CNCc2ccccc2)cc1. The van der Waals surface area contributed by atoms with Crippen molar-refractivity contribution in [3.05, 3.63) is 69.3 Å². The summed E-state index contributed by atoms with van der Waals surface area (Å²) in [5.41, 5.74) is 2.66. The highest BCUT2D eigenvalue weighted by Crippen LogP contribution is 2.06. The summed E-state index contributed by atoms with van der Waals surface area (Å²) in [6, 6.07) is 19.1. The maximum atomic E-state index is 3.43. The van der Waals surface area contributed by atoms with E-state index in [2.05, 4.69) is 76.4 Å². The van der Waals surface area contributed by atoms with E-state index in [0.717, 1.165) is 13.1 Å². The van der Waals surface area contributed by atoms with Crippen LogP contribution in [-0.4, -0.2) is 0 Å². The van der Waals surface area contributed by atoms with E-state index < -0.39 is 0 Å². The molecule has 2 aromatic carbocycles. The minimum absolute atomic E-state index is 0.922. The first-order valence-electron chi connectivity index (χ1n) is 5.34. The molecule has 0 aliphatic rings. The number of benzene rings is 2. The van der Waals surface area contributed by atoms with Gasteiger partial charge in [0, 0.05) is 16.7 Å². The van der Waals surface area contributed by atoms with Gasteiger partial charge in [0.1, 0.15) is 0 Å². The number of hydrogen-bond donors (Lipinski definition) is 1. The molecule has 0 aliphatic heterocycles. The third-order valence-corrected chi connectivity index (χ3v) is 3.13. The molecule has 2 aromatic rings. The molecule has 0 amide bonds. The van der Waals surface area contributed by atoms with Crippen molar-refractivity contribution < 1.29 is 0 Å². The van der Waals surface area contributed by atoms with Crippen molar-refractivity contribution in [1.82, 2.24) is 5.32 Å². The first-order chi connectivity index (χ1) is 7.84. The standard InChI is InChI=1S/C14H14IN/c15-14-8-6-13(7-9-14)11-16-10-12-4-2-1-3-5-12/h1-9,16H,10-11H2. The molecule has 2 rings (SSSR count). The van der Waals surface area contributed by atoms with Crippen molar-refractivity contribution in [2.75, 3.05) is 0 Å². The molecule has 0 fully saturated rings. The van der Waals surface area contributed by atoms with Crippen molar-refractivity contribution in [2.45, 2.75) is 13.1 Å². The van der Waals surface area contributed by atoms with Crippen molar-refractivity contribution in [2.24, 2.45) is 0 Å². The fraction of sp³-hybridized carbons (Fsp3) is 0.143. The zero-order valence-electron chi connectivity index (χ0n) is 8.99. The normalized spacial score (nSPS) is 10.3. The number of nitrogens with one attached hydrogen (secondary N) is 1. The Labute approximate surface area is 110 Å². The first-order valence-corrected chi connectivity index (χ1v) is 6.41. The lowest BCUT2D eigenvalue weighted by Crippen LogP contribution is -2.12. The van der Waals surface area contributed by atoms with Crippen LogP contribution >= 0.6 is 22.6 Å². The smallest absolute Gasteiger partial charge is 0.0208 e. The fourth-order valence-electron chi connectivity index (χ4n) is 1.55.